The molecule has 1 aromatic carbocycles. The molecule has 0 unspecified atom stereocenters. The zero-order valence-corrected chi connectivity index (χ0v) is 10.2. The van der Waals surface area contributed by atoms with E-state index in [0.717, 1.165) is 11.4 Å². The predicted molar refractivity (Wildman–Crippen MR) is 59.3 cm³/mol. The van der Waals surface area contributed by atoms with Crippen LogP contribution in [0.15, 0.2) is 24.3 Å². The molecule has 0 amide bonds. The van der Waals surface area contributed by atoms with Gasteiger partial charge in [-0.15, -0.1) is 0 Å². The fraction of sp³-hybridized carbons (Fsp3) is 0.333. The highest BCUT2D eigenvalue weighted by molar-refractivity contribution is 8.54. The lowest BCUT2D eigenvalue weighted by Gasteiger charge is -2.12. The first-order chi connectivity index (χ1) is 7.11. The van der Waals surface area contributed by atoms with Gasteiger partial charge in [0.25, 0.3) is 0 Å². The SMILES string of the molecule is COP(=O)(OC)SCc1ccccc1F. The van der Waals surface area contributed by atoms with Crippen LogP contribution in [0.5, 0.6) is 0 Å². The van der Waals surface area contributed by atoms with Crippen LogP contribution in [-0.4, -0.2) is 14.2 Å². The molecule has 0 heterocycles. The van der Waals surface area contributed by atoms with Gasteiger partial charge >= 0.3 is 6.80 Å². The van der Waals surface area contributed by atoms with Crippen molar-refractivity contribution in [3.8, 4) is 0 Å². The van der Waals surface area contributed by atoms with Gasteiger partial charge in [-0.2, -0.15) is 0 Å². The van der Waals surface area contributed by atoms with Crippen LogP contribution in [0.1, 0.15) is 5.56 Å². The number of halogens is 1. The molecule has 0 spiro atoms. The molecule has 1 aromatic rings. The largest absolute Gasteiger partial charge is 0.388 e. The molecule has 0 bridgehead atoms. The highest BCUT2D eigenvalue weighted by Gasteiger charge is 2.22. The van der Waals surface area contributed by atoms with Gasteiger partial charge in [-0.3, -0.25) is 0 Å². The monoisotopic (exact) mass is 250 g/mol. The van der Waals surface area contributed by atoms with Gasteiger partial charge in [0.2, 0.25) is 0 Å². The number of hydrogen-bond acceptors (Lipinski definition) is 4. The van der Waals surface area contributed by atoms with Gasteiger partial charge in [0.05, 0.1) is 0 Å². The van der Waals surface area contributed by atoms with Crippen LogP contribution in [0.4, 0.5) is 4.39 Å². The Labute approximate surface area is 92.3 Å². The molecule has 0 radical (unpaired) electrons. The number of benzene rings is 1. The minimum absolute atomic E-state index is 0.256. The molecule has 0 fully saturated rings. The van der Waals surface area contributed by atoms with Gasteiger partial charge in [0.1, 0.15) is 5.82 Å². The predicted octanol–water partition coefficient (Wildman–Crippen LogP) is 3.46. The van der Waals surface area contributed by atoms with Gasteiger partial charge < -0.3 is 9.05 Å². The second kappa shape index (κ2) is 5.66. The number of hydrogen-bond donors (Lipinski definition) is 0. The second-order valence-corrected chi connectivity index (χ2v) is 6.97. The fourth-order valence-corrected chi connectivity index (χ4v) is 3.36. The molecular formula is C9H12FO3PS. The smallest absolute Gasteiger partial charge is 0.304 e. The van der Waals surface area contributed by atoms with Crippen molar-refractivity contribution in [2.75, 3.05) is 14.2 Å². The lowest BCUT2D eigenvalue weighted by molar-refractivity contribution is 0.295. The Hall–Kier alpha value is -0.350. The Morgan fingerprint density at radius 1 is 1.33 bits per heavy atom. The van der Waals surface area contributed by atoms with Crippen LogP contribution in [0.25, 0.3) is 0 Å². The van der Waals surface area contributed by atoms with Crippen LogP contribution in [-0.2, 0) is 19.4 Å². The Morgan fingerprint density at radius 2 is 1.93 bits per heavy atom. The van der Waals surface area contributed by atoms with Crippen molar-refractivity contribution in [2.24, 2.45) is 0 Å². The van der Waals surface area contributed by atoms with Crippen molar-refractivity contribution in [1.82, 2.24) is 0 Å². The minimum atomic E-state index is -3.12. The molecule has 84 valence electrons. The highest BCUT2D eigenvalue weighted by atomic mass is 32.7. The first kappa shape index (κ1) is 12.7. The zero-order chi connectivity index (χ0) is 11.3. The summed E-state index contributed by atoms with van der Waals surface area (Å²) in [7, 11) is 2.61. The van der Waals surface area contributed by atoms with Gasteiger partial charge in [0, 0.05) is 20.0 Å². The van der Waals surface area contributed by atoms with Crippen molar-refractivity contribution in [1.29, 1.82) is 0 Å². The summed E-state index contributed by atoms with van der Waals surface area (Å²) in [6.07, 6.45) is 0. The zero-order valence-electron chi connectivity index (χ0n) is 8.47. The third-order valence-corrected chi connectivity index (χ3v) is 5.66. The van der Waals surface area contributed by atoms with Crippen LogP contribution >= 0.6 is 18.2 Å². The molecule has 0 atom stereocenters. The van der Waals surface area contributed by atoms with E-state index in [1.165, 1.54) is 20.3 Å². The van der Waals surface area contributed by atoms with Gasteiger partial charge in [-0.1, -0.05) is 18.2 Å². The molecule has 0 aromatic heterocycles. The summed E-state index contributed by atoms with van der Waals surface area (Å²) in [5.41, 5.74) is 0.483. The molecule has 0 N–H and O–H groups in total. The van der Waals surface area contributed by atoms with Crippen molar-refractivity contribution >= 4 is 18.2 Å². The van der Waals surface area contributed by atoms with E-state index in [-0.39, 0.29) is 11.6 Å². The van der Waals surface area contributed by atoms with E-state index in [2.05, 4.69) is 0 Å². The van der Waals surface area contributed by atoms with Gasteiger partial charge in [0.15, 0.2) is 0 Å². The van der Waals surface area contributed by atoms with Gasteiger partial charge in [-0.05, 0) is 23.0 Å². The first-order valence-electron chi connectivity index (χ1n) is 4.21. The van der Waals surface area contributed by atoms with E-state index in [1.54, 1.807) is 18.2 Å². The molecular weight excluding hydrogens is 238 g/mol. The first-order valence-corrected chi connectivity index (χ1v) is 7.34. The molecule has 6 heteroatoms. The molecule has 0 aliphatic rings. The summed E-state index contributed by atoms with van der Waals surface area (Å²) in [4.78, 5) is 0. The van der Waals surface area contributed by atoms with E-state index in [0.29, 0.717) is 5.56 Å². The number of rotatable bonds is 5. The normalized spacial score (nSPS) is 11.7. The maximum absolute atomic E-state index is 13.2. The lowest BCUT2D eigenvalue weighted by Crippen LogP contribution is -1.89. The average molecular weight is 250 g/mol. The van der Waals surface area contributed by atoms with E-state index >= 15 is 0 Å². The topological polar surface area (TPSA) is 35.5 Å². The van der Waals surface area contributed by atoms with Crippen LogP contribution in [0.3, 0.4) is 0 Å². The Balaban J connectivity index is 2.65. The summed E-state index contributed by atoms with van der Waals surface area (Å²) >= 11 is 0.962. The summed E-state index contributed by atoms with van der Waals surface area (Å²) in [5.74, 6) is -0.0604. The molecule has 1 rings (SSSR count). The Morgan fingerprint density at radius 3 is 2.47 bits per heavy atom. The highest BCUT2D eigenvalue weighted by Crippen LogP contribution is 2.60. The summed E-state index contributed by atoms with van der Waals surface area (Å²) < 4.78 is 34.3. The fourth-order valence-electron chi connectivity index (χ4n) is 0.944. The maximum Gasteiger partial charge on any atom is 0.388 e. The maximum atomic E-state index is 13.2. The molecule has 0 aliphatic carbocycles. The van der Waals surface area contributed by atoms with E-state index < -0.39 is 6.80 Å². The standard InChI is InChI=1S/C9H12FO3PS/c1-12-14(11,13-2)15-7-8-5-3-4-6-9(8)10/h3-6H,7H2,1-2H3. The Kier molecular flexibility index (Phi) is 4.80. The van der Waals surface area contributed by atoms with Crippen LogP contribution in [0.2, 0.25) is 0 Å². The van der Waals surface area contributed by atoms with Crippen molar-refractivity contribution in [2.45, 2.75) is 5.75 Å². The summed E-state index contributed by atoms with van der Waals surface area (Å²) in [5, 5.41) is 0. The quantitative estimate of drug-likeness (QED) is 0.750. The molecule has 0 saturated heterocycles. The third kappa shape index (κ3) is 3.61. The average Bonchev–Trinajstić information content (AvgIpc) is 2.28. The summed E-state index contributed by atoms with van der Waals surface area (Å²) in [6, 6.07) is 6.33. The van der Waals surface area contributed by atoms with Gasteiger partial charge in [-0.25, -0.2) is 8.96 Å². The third-order valence-electron chi connectivity index (χ3n) is 1.78. The van der Waals surface area contributed by atoms with Crippen LogP contribution < -0.4 is 0 Å². The van der Waals surface area contributed by atoms with Crippen molar-refractivity contribution in [3.63, 3.8) is 0 Å². The van der Waals surface area contributed by atoms with Crippen molar-refractivity contribution < 1.29 is 18.0 Å². The van der Waals surface area contributed by atoms with E-state index in [4.69, 9.17) is 9.05 Å². The molecule has 15 heavy (non-hydrogen) atoms. The van der Waals surface area contributed by atoms with Crippen LogP contribution in [0, 0.1) is 5.82 Å². The van der Waals surface area contributed by atoms with E-state index in [1.807, 2.05) is 0 Å². The summed E-state index contributed by atoms with van der Waals surface area (Å²) in [6.45, 7) is -3.12. The van der Waals surface area contributed by atoms with E-state index in [9.17, 15) is 8.96 Å². The molecule has 0 saturated carbocycles. The molecule has 3 nitrogen and oxygen atoms in total. The molecule has 0 aliphatic heterocycles. The lowest BCUT2D eigenvalue weighted by atomic mass is 10.2. The second-order valence-electron chi connectivity index (χ2n) is 2.68. The Bertz CT molecular complexity index is 364. The minimum Gasteiger partial charge on any atom is -0.304 e. The van der Waals surface area contributed by atoms with Crippen molar-refractivity contribution in [3.05, 3.63) is 35.6 Å².